The first-order chi connectivity index (χ1) is 10.2. The average molecular weight is 299 g/mol. The van der Waals surface area contributed by atoms with E-state index in [1.807, 2.05) is 4.52 Å². The smallest absolute Gasteiger partial charge is 0.213 e. The summed E-state index contributed by atoms with van der Waals surface area (Å²) in [5.74, 6) is 0.619. The summed E-state index contributed by atoms with van der Waals surface area (Å²) < 4.78 is 1.82. The summed E-state index contributed by atoms with van der Waals surface area (Å²) in [6.07, 6.45) is 2.46. The van der Waals surface area contributed by atoms with Gasteiger partial charge in [0.2, 0.25) is 4.96 Å². The molecule has 0 atom stereocenters. The van der Waals surface area contributed by atoms with E-state index in [1.54, 1.807) is 11.3 Å². The Hall–Kier alpha value is -1.72. The predicted molar refractivity (Wildman–Crippen MR) is 83.7 cm³/mol. The molecule has 2 aromatic heterocycles. The lowest BCUT2D eigenvalue weighted by molar-refractivity contribution is 0.275. The van der Waals surface area contributed by atoms with Gasteiger partial charge in [-0.1, -0.05) is 23.5 Å². The van der Waals surface area contributed by atoms with Crippen LogP contribution in [0.1, 0.15) is 40.6 Å². The number of imidazole rings is 1. The zero-order valence-corrected chi connectivity index (χ0v) is 12.9. The summed E-state index contributed by atoms with van der Waals surface area (Å²) in [5.41, 5.74) is 5.18. The molecule has 4 rings (SSSR count). The summed E-state index contributed by atoms with van der Waals surface area (Å²) >= 11 is 1.65. The van der Waals surface area contributed by atoms with Gasteiger partial charge >= 0.3 is 0 Å². The van der Waals surface area contributed by atoms with Crippen LogP contribution >= 0.6 is 11.3 Å². The summed E-state index contributed by atoms with van der Waals surface area (Å²) in [6, 6.07) is 6.29. The van der Waals surface area contributed by atoms with Crippen molar-refractivity contribution in [1.29, 1.82) is 0 Å². The Balaban J connectivity index is 1.87. The number of rotatable bonds is 3. The Labute approximate surface area is 127 Å². The van der Waals surface area contributed by atoms with Crippen LogP contribution in [-0.2, 0) is 6.61 Å². The number of hydrogen-bond donors (Lipinski definition) is 1. The van der Waals surface area contributed by atoms with Crippen molar-refractivity contribution >= 4 is 16.3 Å². The standard InChI is InChI=1S/C16H17N3OS/c1-9-3-4-12(7-10(9)2)14-13(8-20)19-16(17-14)21-15(18-19)11-5-6-11/h3-4,7,11,20H,5-6,8H2,1-2H3. The van der Waals surface area contributed by atoms with Crippen LogP contribution in [0.4, 0.5) is 0 Å². The molecule has 0 amide bonds. The molecule has 5 heteroatoms. The van der Waals surface area contributed by atoms with Crippen LogP contribution in [0.25, 0.3) is 16.2 Å². The van der Waals surface area contributed by atoms with Crippen molar-refractivity contribution in [3.05, 3.63) is 40.0 Å². The van der Waals surface area contributed by atoms with Crippen molar-refractivity contribution in [2.45, 2.75) is 39.2 Å². The van der Waals surface area contributed by atoms with Crippen molar-refractivity contribution in [1.82, 2.24) is 14.6 Å². The van der Waals surface area contributed by atoms with Gasteiger partial charge in [0.15, 0.2) is 0 Å². The third kappa shape index (κ3) is 2.08. The van der Waals surface area contributed by atoms with Gasteiger partial charge in [-0.15, -0.1) is 0 Å². The molecule has 0 saturated heterocycles. The highest BCUT2D eigenvalue weighted by atomic mass is 32.1. The monoisotopic (exact) mass is 299 g/mol. The van der Waals surface area contributed by atoms with Crippen molar-refractivity contribution in [3.8, 4) is 11.3 Å². The first kappa shape index (κ1) is 13.0. The Morgan fingerprint density at radius 3 is 2.76 bits per heavy atom. The van der Waals surface area contributed by atoms with Gasteiger partial charge in [0.1, 0.15) is 5.01 Å². The molecule has 4 nitrogen and oxygen atoms in total. The van der Waals surface area contributed by atoms with Gasteiger partial charge in [-0.3, -0.25) is 0 Å². The maximum absolute atomic E-state index is 9.76. The lowest BCUT2D eigenvalue weighted by atomic mass is 10.0. The third-order valence-electron chi connectivity index (χ3n) is 4.17. The van der Waals surface area contributed by atoms with Gasteiger partial charge in [0.05, 0.1) is 18.0 Å². The van der Waals surface area contributed by atoms with Crippen LogP contribution in [0, 0.1) is 13.8 Å². The molecule has 0 unspecified atom stereocenters. The highest BCUT2D eigenvalue weighted by molar-refractivity contribution is 7.16. The van der Waals surface area contributed by atoms with E-state index < -0.39 is 0 Å². The third-order valence-corrected chi connectivity index (χ3v) is 5.24. The maximum Gasteiger partial charge on any atom is 0.213 e. The fraction of sp³-hybridized carbons (Fsp3) is 0.375. The zero-order valence-electron chi connectivity index (χ0n) is 12.1. The molecule has 0 aliphatic heterocycles. The van der Waals surface area contributed by atoms with Gasteiger partial charge in [-0.2, -0.15) is 5.10 Å². The van der Waals surface area contributed by atoms with Crippen LogP contribution < -0.4 is 0 Å². The number of aliphatic hydroxyl groups is 1. The molecule has 1 saturated carbocycles. The number of aryl methyl sites for hydroxylation is 2. The summed E-state index contributed by atoms with van der Waals surface area (Å²) in [6.45, 7) is 4.15. The quantitative estimate of drug-likeness (QED) is 0.806. The van der Waals surface area contributed by atoms with Crippen molar-refractivity contribution < 1.29 is 5.11 Å². The molecular weight excluding hydrogens is 282 g/mol. The number of nitrogens with zero attached hydrogens (tertiary/aromatic N) is 3. The lowest BCUT2D eigenvalue weighted by Gasteiger charge is -2.04. The fourth-order valence-electron chi connectivity index (χ4n) is 2.56. The van der Waals surface area contributed by atoms with E-state index in [-0.39, 0.29) is 6.61 Å². The van der Waals surface area contributed by atoms with E-state index in [0.29, 0.717) is 5.92 Å². The van der Waals surface area contributed by atoms with Gasteiger partial charge in [-0.05, 0) is 43.9 Å². The second-order valence-corrected chi connectivity index (χ2v) is 6.76. The predicted octanol–water partition coefficient (Wildman–Crippen LogP) is 3.44. The van der Waals surface area contributed by atoms with Crippen LogP contribution in [0.5, 0.6) is 0 Å². The summed E-state index contributed by atoms with van der Waals surface area (Å²) in [4.78, 5) is 5.60. The first-order valence-corrected chi connectivity index (χ1v) is 8.06. The van der Waals surface area contributed by atoms with Crippen molar-refractivity contribution in [2.75, 3.05) is 0 Å². The highest BCUT2D eigenvalue weighted by Crippen LogP contribution is 2.42. The SMILES string of the molecule is Cc1ccc(-c2nc3sc(C4CC4)nn3c2CO)cc1C. The normalized spacial score (nSPS) is 15.0. The molecule has 1 aromatic carbocycles. The Morgan fingerprint density at radius 2 is 2.10 bits per heavy atom. The van der Waals surface area contributed by atoms with Crippen LogP contribution in [0.15, 0.2) is 18.2 Å². The molecule has 1 fully saturated rings. The second-order valence-electron chi connectivity index (χ2n) is 5.77. The van der Waals surface area contributed by atoms with Gasteiger partial charge in [-0.25, -0.2) is 9.50 Å². The zero-order chi connectivity index (χ0) is 14.6. The minimum Gasteiger partial charge on any atom is -0.390 e. The number of hydrogen-bond acceptors (Lipinski definition) is 4. The van der Waals surface area contributed by atoms with E-state index in [0.717, 1.165) is 26.9 Å². The topological polar surface area (TPSA) is 50.4 Å². The van der Waals surface area contributed by atoms with Crippen LogP contribution in [0.3, 0.4) is 0 Å². The van der Waals surface area contributed by atoms with Crippen molar-refractivity contribution in [2.24, 2.45) is 0 Å². The van der Waals surface area contributed by atoms with Gasteiger partial charge < -0.3 is 5.11 Å². The largest absolute Gasteiger partial charge is 0.390 e. The molecule has 21 heavy (non-hydrogen) atoms. The molecule has 1 aliphatic carbocycles. The van der Waals surface area contributed by atoms with Crippen molar-refractivity contribution in [3.63, 3.8) is 0 Å². The molecule has 108 valence electrons. The summed E-state index contributed by atoms with van der Waals surface area (Å²) in [7, 11) is 0. The van der Waals surface area contributed by atoms with E-state index in [1.165, 1.54) is 24.0 Å². The number of aromatic nitrogens is 3. The molecular formula is C16H17N3OS. The van der Waals surface area contributed by atoms with E-state index in [9.17, 15) is 5.11 Å². The van der Waals surface area contributed by atoms with Gasteiger partial charge in [0.25, 0.3) is 0 Å². The molecule has 2 heterocycles. The average Bonchev–Trinajstić information content (AvgIpc) is 3.15. The van der Waals surface area contributed by atoms with Crippen LogP contribution in [-0.4, -0.2) is 19.7 Å². The lowest BCUT2D eigenvalue weighted by Crippen LogP contribution is -1.96. The second kappa shape index (κ2) is 4.64. The molecule has 1 N–H and O–H groups in total. The first-order valence-electron chi connectivity index (χ1n) is 7.24. The number of aliphatic hydroxyl groups excluding tert-OH is 1. The maximum atomic E-state index is 9.76. The minimum absolute atomic E-state index is 0.0444. The van der Waals surface area contributed by atoms with E-state index in [4.69, 9.17) is 4.98 Å². The number of fused-ring (bicyclic) bond motifs is 1. The highest BCUT2D eigenvalue weighted by Gasteiger charge is 2.29. The van der Waals surface area contributed by atoms with Crippen LogP contribution in [0.2, 0.25) is 0 Å². The van der Waals surface area contributed by atoms with E-state index in [2.05, 4.69) is 37.1 Å². The van der Waals surface area contributed by atoms with Gasteiger partial charge in [0, 0.05) is 11.5 Å². The molecule has 0 bridgehead atoms. The molecule has 3 aromatic rings. The fourth-order valence-corrected chi connectivity index (χ4v) is 3.65. The Bertz CT molecular complexity index is 830. The van der Waals surface area contributed by atoms with E-state index >= 15 is 0 Å². The Kier molecular flexibility index (Phi) is 2.87. The number of benzene rings is 1. The Morgan fingerprint density at radius 1 is 1.29 bits per heavy atom. The minimum atomic E-state index is -0.0444. The summed E-state index contributed by atoms with van der Waals surface area (Å²) in [5, 5.41) is 15.6. The molecule has 0 spiro atoms. The molecule has 0 radical (unpaired) electrons. The molecule has 1 aliphatic rings.